The van der Waals surface area contributed by atoms with E-state index in [2.05, 4.69) is 29.6 Å². The summed E-state index contributed by atoms with van der Waals surface area (Å²) in [6.07, 6.45) is 5.37. The normalized spacial score (nSPS) is 16.7. The third kappa shape index (κ3) is 3.40. The van der Waals surface area contributed by atoms with Crippen LogP contribution in [0.4, 0.5) is 0 Å². The van der Waals surface area contributed by atoms with E-state index < -0.39 is 0 Å². The molecule has 0 saturated heterocycles. The Kier molecular flexibility index (Phi) is 4.75. The third-order valence-corrected chi connectivity index (χ3v) is 8.32. The summed E-state index contributed by atoms with van der Waals surface area (Å²) in [5.74, 6) is 0.252. The maximum absolute atomic E-state index is 12.9. The summed E-state index contributed by atoms with van der Waals surface area (Å²) in [7, 11) is 1.75. The van der Waals surface area contributed by atoms with Gasteiger partial charge in [-0.2, -0.15) is 0 Å². The molecule has 0 unspecified atom stereocenters. The van der Waals surface area contributed by atoms with E-state index in [4.69, 9.17) is 4.98 Å². The second-order valence-corrected chi connectivity index (χ2v) is 10.0. The second-order valence-electron chi connectivity index (χ2n) is 8.01. The first kappa shape index (κ1) is 18.9. The maximum atomic E-state index is 12.9. The number of benzene rings is 1. The molecule has 2 aliphatic carbocycles. The van der Waals surface area contributed by atoms with E-state index >= 15 is 0 Å². The Morgan fingerprint density at radius 3 is 2.83 bits per heavy atom. The molecule has 1 N–H and O–H groups in total. The van der Waals surface area contributed by atoms with Gasteiger partial charge >= 0.3 is 0 Å². The minimum absolute atomic E-state index is 0.0123. The number of carbonyl (C=O) groups is 1. The molecule has 0 spiro atoms. The van der Waals surface area contributed by atoms with E-state index in [-0.39, 0.29) is 22.6 Å². The lowest BCUT2D eigenvalue weighted by molar-refractivity contribution is -0.118. The van der Waals surface area contributed by atoms with Crippen LogP contribution >= 0.6 is 23.1 Å². The van der Waals surface area contributed by atoms with Gasteiger partial charge in [0.15, 0.2) is 5.16 Å². The molecule has 150 valence electrons. The van der Waals surface area contributed by atoms with E-state index in [1.807, 2.05) is 6.07 Å². The fraction of sp³-hybridized carbons (Fsp3) is 0.409. The second kappa shape index (κ2) is 7.29. The number of fused-ring (bicyclic) bond motifs is 3. The van der Waals surface area contributed by atoms with Crippen LogP contribution < -0.4 is 10.9 Å². The number of aromatic nitrogens is 2. The Balaban J connectivity index is 1.26. The first-order valence-corrected chi connectivity index (χ1v) is 11.8. The molecule has 0 aliphatic heterocycles. The number of hydrogen-bond donors (Lipinski definition) is 1. The zero-order valence-corrected chi connectivity index (χ0v) is 18.0. The minimum Gasteiger partial charge on any atom is -0.354 e. The van der Waals surface area contributed by atoms with Crippen molar-refractivity contribution in [1.29, 1.82) is 0 Å². The maximum Gasteiger partial charge on any atom is 0.262 e. The van der Waals surface area contributed by atoms with Crippen molar-refractivity contribution in [3.05, 3.63) is 56.7 Å². The molecule has 1 saturated carbocycles. The molecule has 3 aromatic rings. The summed E-state index contributed by atoms with van der Waals surface area (Å²) in [4.78, 5) is 32.1. The van der Waals surface area contributed by atoms with Crippen LogP contribution in [-0.4, -0.2) is 27.8 Å². The first-order valence-electron chi connectivity index (χ1n) is 10.0. The Labute approximate surface area is 177 Å². The van der Waals surface area contributed by atoms with Crippen LogP contribution in [0, 0.1) is 0 Å². The van der Waals surface area contributed by atoms with Crippen LogP contribution in [0.25, 0.3) is 10.2 Å². The summed E-state index contributed by atoms with van der Waals surface area (Å²) < 4.78 is 1.60. The van der Waals surface area contributed by atoms with Gasteiger partial charge in [0.25, 0.3) is 5.56 Å². The molecule has 1 amide bonds. The van der Waals surface area contributed by atoms with Crippen molar-refractivity contribution in [1.82, 2.24) is 14.9 Å². The Morgan fingerprint density at radius 1 is 1.28 bits per heavy atom. The fourth-order valence-corrected chi connectivity index (χ4v) is 6.30. The van der Waals surface area contributed by atoms with E-state index in [1.165, 1.54) is 27.8 Å². The average Bonchev–Trinajstić information content (AvgIpc) is 3.26. The van der Waals surface area contributed by atoms with Gasteiger partial charge in [-0.1, -0.05) is 42.1 Å². The quantitative estimate of drug-likeness (QED) is 0.486. The van der Waals surface area contributed by atoms with Crippen LogP contribution in [0.15, 0.2) is 40.3 Å². The molecule has 2 aromatic heterocycles. The van der Waals surface area contributed by atoms with Crippen molar-refractivity contribution in [3.63, 3.8) is 0 Å². The van der Waals surface area contributed by atoms with Crippen molar-refractivity contribution >= 4 is 39.2 Å². The van der Waals surface area contributed by atoms with Gasteiger partial charge in [0.05, 0.1) is 11.1 Å². The number of nitrogens with zero attached hydrogens (tertiary/aromatic N) is 2. The monoisotopic (exact) mass is 425 g/mol. The van der Waals surface area contributed by atoms with Gasteiger partial charge in [-0.25, -0.2) is 4.98 Å². The highest BCUT2D eigenvalue weighted by atomic mass is 32.2. The van der Waals surface area contributed by atoms with Crippen LogP contribution in [0.1, 0.15) is 35.3 Å². The molecule has 0 radical (unpaired) electrons. The zero-order valence-electron chi connectivity index (χ0n) is 16.4. The number of amides is 1. The molecule has 1 aromatic carbocycles. The van der Waals surface area contributed by atoms with Crippen LogP contribution in [-0.2, 0) is 30.1 Å². The average molecular weight is 426 g/mol. The van der Waals surface area contributed by atoms with Gasteiger partial charge < -0.3 is 5.32 Å². The Morgan fingerprint density at radius 2 is 2.07 bits per heavy atom. The van der Waals surface area contributed by atoms with Gasteiger partial charge in [-0.15, -0.1) is 11.3 Å². The van der Waals surface area contributed by atoms with Gasteiger partial charge in [0.1, 0.15) is 4.83 Å². The zero-order chi connectivity index (χ0) is 20.0. The molecule has 0 atom stereocenters. The van der Waals surface area contributed by atoms with Gasteiger partial charge in [0, 0.05) is 23.9 Å². The number of thioether (sulfide) groups is 1. The molecule has 2 heterocycles. The first-order chi connectivity index (χ1) is 14.1. The van der Waals surface area contributed by atoms with E-state index in [1.54, 1.807) is 23.0 Å². The van der Waals surface area contributed by atoms with Gasteiger partial charge in [0.2, 0.25) is 5.91 Å². The molecule has 7 heteroatoms. The number of aryl methyl sites for hydroxylation is 2. The van der Waals surface area contributed by atoms with Gasteiger partial charge in [-0.05, 0) is 43.2 Å². The van der Waals surface area contributed by atoms with E-state index in [9.17, 15) is 9.59 Å². The summed E-state index contributed by atoms with van der Waals surface area (Å²) in [6, 6.07) is 10.4. The predicted octanol–water partition coefficient (Wildman–Crippen LogP) is 3.42. The topological polar surface area (TPSA) is 64.0 Å². The molecule has 29 heavy (non-hydrogen) atoms. The van der Waals surface area contributed by atoms with Crippen molar-refractivity contribution in [3.8, 4) is 0 Å². The van der Waals surface area contributed by atoms with Crippen molar-refractivity contribution in [2.45, 2.75) is 42.7 Å². The molecular weight excluding hydrogens is 402 g/mol. The van der Waals surface area contributed by atoms with Crippen molar-refractivity contribution in [2.24, 2.45) is 7.05 Å². The lowest BCUT2D eigenvalue weighted by atomic mass is 9.96. The molecule has 2 aliphatic rings. The summed E-state index contributed by atoms with van der Waals surface area (Å²) in [6.45, 7) is 0.666. The van der Waals surface area contributed by atoms with Gasteiger partial charge in [-0.3, -0.25) is 14.2 Å². The number of thiophene rings is 1. The number of carbonyl (C=O) groups excluding carboxylic acids is 1. The Bertz CT molecular complexity index is 1150. The fourth-order valence-electron chi connectivity index (χ4n) is 4.19. The highest BCUT2D eigenvalue weighted by Crippen LogP contribution is 2.47. The number of rotatable bonds is 6. The minimum atomic E-state index is -0.0137. The predicted molar refractivity (Wildman–Crippen MR) is 118 cm³/mol. The molecule has 5 nitrogen and oxygen atoms in total. The lowest BCUT2D eigenvalue weighted by Crippen LogP contribution is -2.33. The van der Waals surface area contributed by atoms with E-state index in [0.29, 0.717) is 11.7 Å². The van der Waals surface area contributed by atoms with Crippen molar-refractivity contribution in [2.75, 3.05) is 12.3 Å². The SMILES string of the molecule is Cn1c(SCC(=O)NCC2(c3ccccc3)CC2)nc2sc3c(c2c1=O)CCC3. The molecule has 0 bridgehead atoms. The highest BCUT2D eigenvalue weighted by Gasteiger charge is 2.44. The largest absolute Gasteiger partial charge is 0.354 e. The molecule has 5 rings (SSSR count). The van der Waals surface area contributed by atoms with Crippen LogP contribution in [0.2, 0.25) is 0 Å². The summed E-state index contributed by atoms with van der Waals surface area (Å²) in [5, 5.41) is 4.49. The number of nitrogens with one attached hydrogen (secondary N) is 1. The molecule has 1 fully saturated rings. The third-order valence-electron chi connectivity index (χ3n) is 6.10. The standard InChI is InChI=1S/C22H23N3O2S2/c1-25-20(27)18-15-8-5-9-16(15)29-19(18)24-21(25)28-12-17(26)23-13-22(10-11-22)14-6-3-2-4-7-14/h2-4,6-7H,5,8-13H2,1H3,(H,23,26). The van der Waals surface area contributed by atoms with Crippen molar-refractivity contribution < 1.29 is 4.79 Å². The van der Waals surface area contributed by atoms with Crippen LogP contribution in [0.5, 0.6) is 0 Å². The number of hydrogen-bond acceptors (Lipinski definition) is 5. The summed E-state index contributed by atoms with van der Waals surface area (Å²) >= 11 is 2.98. The Hall–Kier alpha value is -2.12. The summed E-state index contributed by atoms with van der Waals surface area (Å²) in [5.41, 5.74) is 2.61. The van der Waals surface area contributed by atoms with E-state index in [0.717, 1.165) is 42.3 Å². The van der Waals surface area contributed by atoms with Crippen LogP contribution in [0.3, 0.4) is 0 Å². The molecular formula is C22H23N3O2S2. The highest BCUT2D eigenvalue weighted by molar-refractivity contribution is 7.99. The lowest BCUT2D eigenvalue weighted by Gasteiger charge is -2.16. The smallest absolute Gasteiger partial charge is 0.262 e.